The van der Waals surface area contributed by atoms with Crippen LogP contribution < -0.4 is 0 Å². The van der Waals surface area contributed by atoms with Gasteiger partial charge in [-0.15, -0.1) is 0 Å². The molecule has 1 aliphatic carbocycles. The first-order chi connectivity index (χ1) is 7.63. The zero-order valence-electron chi connectivity index (χ0n) is 9.01. The summed E-state index contributed by atoms with van der Waals surface area (Å²) in [5.74, 6) is -0.241. The van der Waals surface area contributed by atoms with Gasteiger partial charge in [0.05, 0.1) is 18.8 Å². The second kappa shape index (κ2) is 4.14. The van der Waals surface area contributed by atoms with Gasteiger partial charge in [-0.05, 0) is 37.0 Å². The van der Waals surface area contributed by atoms with Crippen LogP contribution >= 0.6 is 0 Å². The zero-order chi connectivity index (χ0) is 11.7. The highest BCUT2D eigenvalue weighted by atomic mass is 16.5. The molecular formula is C12H14O4. The fraction of sp³-hybridized carbons (Fsp3) is 0.417. The third-order valence-electron chi connectivity index (χ3n) is 2.84. The van der Waals surface area contributed by atoms with E-state index in [1.54, 1.807) is 0 Å². The predicted octanol–water partition coefficient (Wildman–Crippen LogP) is 1.62. The molecule has 0 saturated heterocycles. The number of rotatable bonds is 3. The van der Waals surface area contributed by atoms with Crippen molar-refractivity contribution in [2.75, 3.05) is 7.11 Å². The first-order valence-electron chi connectivity index (χ1n) is 5.22. The molecule has 0 radical (unpaired) electrons. The fourth-order valence-electron chi connectivity index (χ4n) is 1.70. The van der Waals surface area contributed by atoms with Gasteiger partial charge in [0.2, 0.25) is 0 Å². The van der Waals surface area contributed by atoms with E-state index in [0.29, 0.717) is 11.1 Å². The number of benzene rings is 1. The Morgan fingerprint density at radius 3 is 2.75 bits per heavy atom. The average molecular weight is 222 g/mol. The number of carbonyl (C=O) groups is 1. The highest BCUT2D eigenvalue weighted by Gasteiger charge is 2.32. The summed E-state index contributed by atoms with van der Waals surface area (Å²) in [6.45, 7) is 0. The Morgan fingerprint density at radius 1 is 1.50 bits per heavy atom. The van der Waals surface area contributed by atoms with Crippen molar-refractivity contribution >= 4 is 5.97 Å². The molecule has 0 amide bonds. The van der Waals surface area contributed by atoms with Gasteiger partial charge in [0, 0.05) is 5.56 Å². The number of methoxy groups -OCH3 is 1. The summed E-state index contributed by atoms with van der Waals surface area (Å²) in [7, 11) is 1.30. The van der Waals surface area contributed by atoms with Crippen molar-refractivity contribution in [1.29, 1.82) is 0 Å². The van der Waals surface area contributed by atoms with E-state index in [2.05, 4.69) is 4.74 Å². The summed E-state index contributed by atoms with van der Waals surface area (Å²) in [6, 6.07) is 4.38. The Bertz CT molecular complexity index is 409. The molecule has 2 rings (SSSR count). The van der Waals surface area contributed by atoms with Gasteiger partial charge in [-0.25, -0.2) is 4.79 Å². The lowest BCUT2D eigenvalue weighted by atomic mass is 10.0. The minimum absolute atomic E-state index is 0.0204. The number of hydrogen-bond donors (Lipinski definition) is 2. The fourth-order valence-corrected chi connectivity index (χ4v) is 1.70. The highest BCUT2D eigenvalue weighted by molar-refractivity contribution is 5.89. The highest BCUT2D eigenvalue weighted by Crippen LogP contribution is 2.43. The van der Waals surface area contributed by atoms with Crippen molar-refractivity contribution in [3.63, 3.8) is 0 Å². The number of ether oxygens (including phenoxy) is 1. The van der Waals surface area contributed by atoms with E-state index < -0.39 is 12.1 Å². The summed E-state index contributed by atoms with van der Waals surface area (Å²) < 4.78 is 4.58. The standard InChI is InChI=1S/C12H14O4/c1-16-12(15)8-4-5-10(13)9(6-8)11(14)7-2-3-7/h4-7,11,13-14H,2-3H2,1H3/t11-/m0/s1. The van der Waals surface area contributed by atoms with Gasteiger partial charge in [0.15, 0.2) is 0 Å². The molecule has 0 heterocycles. The van der Waals surface area contributed by atoms with E-state index in [9.17, 15) is 15.0 Å². The summed E-state index contributed by atoms with van der Waals surface area (Å²) >= 11 is 0. The molecule has 1 saturated carbocycles. The van der Waals surface area contributed by atoms with Crippen molar-refractivity contribution in [2.24, 2.45) is 5.92 Å². The largest absolute Gasteiger partial charge is 0.508 e. The van der Waals surface area contributed by atoms with Gasteiger partial charge in [0.1, 0.15) is 5.75 Å². The lowest BCUT2D eigenvalue weighted by molar-refractivity contribution is 0.0600. The zero-order valence-corrected chi connectivity index (χ0v) is 9.01. The number of aromatic hydroxyl groups is 1. The van der Waals surface area contributed by atoms with Gasteiger partial charge in [-0.3, -0.25) is 0 Å². The lowest BCUT2D eigenvalue weighted by Crippen LogP contribution is -2.05. The van der Waals surface area contributed by atoms with Crippen LogP contribution in [-0.2, 0) is 4.74 Å². The summed E-state index contributed by atoms with van der Waals surface area (Å²) in [6.07, 6.45) is 1.23. The van der Waals surface area contributed by atoms with E-state index in [4.69, 9.17) is 0 Å². The van der Waals surface area contributed by atoms with E-state index in [1.165, 1.54) is 25.3 Å². The molecule has 0 spiro atoms. The molecule has 0 aromatic heterocycles. The number of carbonyl (C=O) groups excluding carboxylic acids is 1. The Balaban J connectivity index is 2.31. The topological polar surface area (TPSA) is 66.8 Å². The average Bonchev–Trinajstić information content (AvgIpc) is 3.11. The Labute approximate surface area is 93.5 Å². The molecule has 1 aromatic carbocycles. The van der Waals surface area contributed by atoms with Crippen LogP contribution in [0.15, 0.2) is 18.2 Å². The van der Waals surface area contributed by atoms with Gasteiger partial charge in [0.25, 0.3) is 0 Å². The van der Waals surface area contributed by atoms with Gasteiger partial charge in [-0.2, -0.15) is 0 Å². The van der Waals surface area contributed by atoms with Crippen molar-refractivity contribution in [3.05, 3.63) is 29.3 Å². The number of aliphatic hydroxyl groups is 1. The molecular weight excluding hydrogens is 208 g/mol. The van der Waals surface area contributed by atoms with Crippen LogP contribution in [0.5, 0.6) is 5.75 Å². The minimum Gasteiger partial charge on any atom is -0.508 e. The normalized spacial score (nSPS) is 16.9. The summed E-state index contributed by atoms with van der Waals surface area (Å²) in [5.41, 5.74) is 0.750. The van der Waals surface area contributed by atoms with Gasteiger partial charge in [-0.1, -0.05) is 0 Å². The number of hydrogen-bond acceptors (Lipinski definition) is 4. The first-order valence-corrected chi connectivity index (χ1v) is 5.22. The quantitative estimate of drug-likeness (QED) is 0.763. The molecule has 1 aromatic rings. The molecule has 16 heavy (non-hydrogen) atoms. The second-order valence-electron chi connectivity index (χ2n) is 4.05. The van der Waals surface area contributed by atoms with Gasteiger partial charge >= 0.3 is 5.97 Å². The number of phenols is 1. The van der Waals surface area contributed by atoms with Crippen molar-refractivity contribution < 1.29 is 19.7 Å². The van der Waals surface area contributed by atoms with Crippen molar-refractivity contribution in [1.82, 2.24) is 0 Å². The molecule has 86 valence electrons. The molecule has 0 unspecified atom stereocenters. The molecule has 1 aliphatic rings. The smallest absolute Gasteiger partial charge is 0.337 e. The third kappa shape index (κ3) is 2.02. The van der Waals surface area contributed by atoms with E-state index in [-0.39, 0.29) is 11.7 Å². The molecule has 4 heteroatoms. The predicted molar refractivity (Wildman–Crippen MR) is 57.1 cm³/mol. The molecule has 0 bridgehead atoms. The number of phenolic OH excluding ortho intramolecular Hbond substituents is 1. The molecule has 1 fully saturated rings. The maximum absolute atomic E-state index is 11.3. The first kappa shape index (κ1) is 11.0. The van der Waals surface area contributed by atoms with Crippen LogP contribution in [0.3, 0.4) is 0 Å². The SMILES string of the molecule is COC(=O)c1ccc(O)c([C@@H](O)C2CC2)c1. The second-order valence-corrected chi connectivity index (χ2v) is 4.05. The molecule has 2 N–H and O–H groups in total. The maximum Gasteiger partial charge on any atom is 0.337 e. The summed E-state index contributed by atoms with van der Waals surface area (Å²) in [4.78, 5) is 11.3. The summed E-state index contributed by atoms with van der Waals surface area (Å²) in [5, 5.41) is 19.5. The van der Waals surface area contributed by atoms with Crippen LogP contribution in [0, 0.1) is 5.92 Å². The molecule has 0 aliphatic heterocycles. The minimum atomic E-state index is -0.690. The monoisotopic (exact) mass is 222 g/mol. The number of esters is 1. The van der Waals surface area contributed by atoms with E-state index in [1.807, 2.05) is 0 Å². The maximum atomic E-state index is 11.3. The third-order valence-corrected chi connectivity index (χ3v) is 2.84. The van der Waals surface area contributed by atoms with E-state index in [0.717, 1.165) is 12.8 Å². The van der Waals surface area contributed by atoms with Crippen LogP contribution in [0.1, 0.15) is 34.9 Å². The van der Waals surface area contributed by atoms with Crippen LogP contribution in [0.25, 0.3) is 0 Å². The lowest BCUT2D eigenvalue weighted by Gasteiger charge is -2.12. The van der Waals surface area contributed by atoms with Gasteiger partial charge < -0.3 is 14.9 Å². The van der Waals surface area contributed by atoms with E-state index >= 15 is 0 Å². The van der Waals surface area contributed by atoms with Crippen LogP contribution in [0.4, 0.5) is 0 Å². The van der Waals surface area contributed by atoms with Crippen molar-refractivity contribution in [2.45, 2.75) is 18.9 Å². The van der Waals surface area contributed by atoms with Crippen molar-refractivity contribution in [3.8, 4) is 5.75 Å². The Kier molecular flexibility index (Phi) is 2.83. The van der Waals surface area contributed by atoms with Crippen LogP contribution in [0.2, 0.25) is 0 Å². The molecule has 4 nitrogen and oxygen atoms in total. The molecule has 1 atom stereocenters. The Morgan fingerprint density at radius 2 is 2.19 bits per heavy atom. The number of aliphatic hydroxyl groups excluding tert-OH is 1. The van der Waals surface area contributed by atoms with Crippen LogP contribution in [-0.4, -0.2) is 23.3 Å². The Hall–Kier alpha value is -1.55.